The minimum absolute atomic E-state index is 0.0391. The lowest BCUT2D eigenvalue weighted by atomic mass is 9.88. The van der Waals surface area contributed by atoms with Crippen molar-refractivity contribution in [3.05, 3.63) is 35.9 Å². The van der Waals surface area contributed by atoms with Crippen LogP contribution in [0.25, 0.3) is 0 Å². The Balaban J connectivity index is 2.21. The zero-order valence-electron chi connectivity index (χ0n) is 13.3. The largest absolute Gasteiger partial charge is 0.444 e. The van der Waals surface area contributed by atoms with Gasteiger partial charge in [0.25, 0.3) is 0 Å². The predicted octanol–water partition coefficient (Wildman–Crippen LogP) is 4.39. The summed E-state index contributed by atoms with van der Waals surface area (Å²) in [5.74, 6) is 0. The smallest absolute Gasteiger partial charge is 0.411 e. The fourth-order valence-corrected chi connectivity index (χ4v) is 2.66. The summed E-state index contributed by atoms with van der Waals surface area (Å²) in [6, 6.07) is 10.5. The molecule has 1 fully saturated rings. The molecule has 3 nitrogen and oxygen atoms in total. The van der Waals surface area contributed by atoms with Crippen LogP contribution in [0.3, 0.4) is 0 Å². The molecule has 1 saturated heterocycles. The number of carbonyl (C=O) groups excluding carboxylic acids is 1. The second-order valence-corrected chi connectivity index (χ2v) is 7.55. The van der Waals surface area contributed by atoms with Gasteiger partial charge in [0.2, 0.25) is 0 Å². The quantitative estimate of drug-likeness (QED) is 0.711. The van der Waals surface area contributed by atoms with E-state index in [9.17, 15) is 4.79 Å². The lowest BCUT2D eigenvalue weighted by Crippen LogP contribution is -2.30. The molecule has 3 heteroatoms. The third-order valence-corrected chi connectivity index (χ3v) is 3.44. The van der Waals surface area contributed by atoms with Crippen LogP contribution in [0.1, 0.15) is 53.1 Å². The van der Waals surface area contributed by atoms with Crippen LogP contribution in [-0.2, 0) is 4.74 Å². The van der Waals surface area contributed by atoms with Crippen molar-refractivity contribution in [3.8, 4) is 0 Å². The van der Waals surface area contributed by atoms with E-state index in [2.05, 4.69) is 32.9 Å². The average molecular weight is 275 g/mol. The Morgan fingerprint density at radius 1 is 1.05 bits per heavy atom. The molecule has 2 rings (SSSR count). The van der Waals surface area contributed by atoms with Gasteiger partial charge in [-0.05, 0) is 31.7 Å². The van der Waals surface area contributed by atoms with Crippen LogP contribution in [0.2, 0.25) is 0 Å². The Bertz CT molecular complexity index is 482. The second kappa shape index (κ2) is 4.80. The SMILES string of the molecule is CC(C)(C)OC(=O)N1[C@H](c2ccccc2)[C@H]1C(C)(C)C. The van der Waals surface area contributed by atoms with Crippen LogP contribution >= 0.6 is 0 Å². The van der Waals surface area contributed by atoms with Gasteiger partial charge in [-0.15, -0.1) is 0 Å². The van der Waals surface area contributed by atoms with E-state index in [1.165, 1.54) is 5.56 Å². The zero-order valence-corrected chi connectivity index (χ0v) is 13.3. The lowest BCUT2D eigenvalue weighted by molar-refractivity contribution is 0.0373. The molecule has 0 aromatic heterocycles. The van der Waals surface area contributed by atoms with Crippen molar-refractivity contribution in [3.63, 3.8) is 0 Å². The molecule has 0 saturated carbocycles. The summed E-state index contributed by atoms with van der Waals surface area (Å²) in [6.45, 7) is 12.2. The number of benzene rings is 1. The first-order chi connectivity index (χ1) is 9.11. The average Bonchev–Trinajstić information content (AvgIpc) is 3.02. The van der Waals surface area contributed by atoms with Crippen LogP contribution in [0, 0.1) is 5.41 Å². The van der Waals surface area contributed by atoms with Gasteiger partial charge in [-0.2, -0.15) is 0 Å². The van der Waals surface area contributed by atoms with Crippen LogP contribution in [-0.4, -0.2) is 22.6 Å². The Morgan fingerprint density at radius 2 is 1.60 bits per heavy atom. The second-order valence-electron chi connectivity index (χ2n) is 7.55. The Labute approximate surface area is 121 Å². The number of hydrogen-bond donors (Lipinski definition) is 0. The van der Waals surface area contributed by atoms with Gasteiger partial charge in [-0.3, -0.25) is 4.90 Å². The summed E-state index contributed by atoms with van der Waals surface area (Å²) in [5.41, 5.74) is 0.763. The molecule has 0 N–H and O–H groups in total. The van der Waals surface area contributed by atoms with Gasteiger partial charge in [-0.25, -0.2) is 4.79 Å². The number of carbonyl (C=O) groups is 1. The Hall–Kier alpha value is -1.51. The van der Waals surface area contributed by atoms with E-state index in [0.717, 1.165) is 0 Å². The van der Waals surface area contributed by atoms with Crippen molar-refractivity contribution in [2.24, 2.45) is 5.41 Å². The molecule has 0 radical (unpaired) electrons. The van der Waals surface area contributed by atoms with Gasteiger partial charge < -0.3 is 4.74 Å². The molecule has 0 spiro atoms. The standard InChI is InChI=1S/C17H25NO2/c1-16(2,3)14-13(12-10-8-7-9-11-12)18(14)15(19)20-17(4,5)6/h7-11,13-14H,1-6H3/t13-,14+,18?/m1/s1. The van der Waals surface area contributed by atoms with Crippen LogP contribution < -0.4 is 0 Å². The monoisotopic (exact) mass is 275 g/mol. The molecule has 0 aliphatic carbocycles. The fraction of sp³-hybridized carbons (Fsp3) is 0.588. The highest BCUT2D eigenvalue weighted by Gasteiger charge is 2.58. The van der Waals surface area contributed by atoms with E-state index in [-0.39, 0.29) is 23.6 Å². The molecule has 2 atom stereocenters. The number of nitrogens with zero attached hydrogens (tertiary/aromatic N) is 1. The van der Waals surface area contributed by atoms with Crippen molar-refractivity contribution < 1.29 is 9.53 Å². The number of hydrogen-bond acceptors (Lipinski definition) is 2. The van der Waals surface area contributed by atoms with Crippen LogP contribution in [0.5, 0.6) is 0 Å². The Morgan fingerprint density at radius 3 is 2.05 bits per heavy atom. The molecule has 0 unspecified atom stereocenters. The minimum atomic E-state index is -0.455. The van der Waals surface area contributed by atoms with E-state index in [4.69, 9.17) is 4.74 Å². The summed E-state index contributed by atoms with van der Waals surface area (Å²) in [4.78, 5) is 14.2. The maximum absolute atomic E-state index is 12.4. The minimum Gasteiger partial charge on any atom is -0.444 e. The van der Waals surface area contributed by atoms with E-state index in [1.807, 2.05) is 43.9 Å². The number of rotatable bonds is 1. The van der Waals surface area contributed by atoms with Crippen molar-refractivity contribution in [2.75, 3.05) is 0 Å². The van der Waals surface area contributed by atoms with Crippen molar-refractivity contribution in [2.45, 2.75) is 59.2 Å². The van der Waals surface area contributed by atoms with Gasteiger partial charge >= 0.3 is 6.09 Å². The highest BCUT2D eigenvalue weighted by molar-refractivity contribution is 5.73. The summed E-state index contributed by atoms with van der Waals surface area (Å²) in [5, 5.41) is 0. The van der Waals surface area contributed by atoms with Gasteiger partial charge in [0.1, 0.15) is 5.60 Å². The normalized spacial score (nSPS) is 22.6. The third-order valence-electron chi connectivity index (χ3n) is 3.44. The summed E-state index contributed by atoms with van der Waals surface area (Å²) in [6.07, 6.45) is -0.216. The van der Waals surface area contributed by atoms with Gasteiger partial charge in [0.15, 0.2) is 0 Å². The van der Waals surface area contributed by atoms with E-state index < -0.39 is 5.60 Å². The molecular weight excluding hydrogens is 250 g/mol. The van der Waals surface area contributed by atoms with Crippen molar-refractivity contribution in [1.29, 1.82) is 0 Å². The van der Waals surface area contributed by atoms with Crippen molar-refractivity contribution in [1.82, 2.24) is 4.90 Å². The first kappa shape index (κ1) is 14.9. The highest BCUT2D eigenvalue weighted by atomic mass is 16.6. The van der Waals surface area contributed by atoms with Crippen molar-refractivity contribution >= 4 is 6.09 Å². The highest BCUT2D eigenvalue weighted by Crippen LogP contribution is 2.52. The predicted molar refractivity (Wildman–Crippen MR) is 80.5 cm³/mol. The molecule has 20 heavy (non-hydrogen) atoms. The zero-order chi connectivity index (χ0) is 15.1. The third kappa shape index (κ3) is 3.14. The maximum atomic E-state index is 12.4. The van der Waals surface area contributed by atoms with Gasteiger partial charge in [0, 0.05) is 0 Å². The fourth-order valence-electron chi connectivity index (χ4n) is 2.66. The number of amides is 1. The van der Waals surface area contributed by atoms with E-state index in [1.54, 1.807) is 0 Å². The molecular formula is C17H25NO2. The molecule has 1 aliphatic heterocycles. The summed E-state index contributed by atoms with van der Waals surface area (Å²) >= 11 is 0. The molecule has 1 aromatic carbocycles. The molecule has 0 bridgehead atoms. The molecule has 1 heterocycles. The van der Waals surface area contributed by atoms with Gasteiger partial charge in [0.05, 0.1) is 12.1 Å². The summed E-state index contributed by atoms with van der Waals surface area (Å²) in [7, 11) is 0. The molecule has 1 aromatic rings. The topological polar surface area (TPSA) is 29.3 Å². The first-order valence-corrected chi connectivity index (χ1v) is 7.17. The first-order valence-electron chi connectivity index (χ1n) is 7.17. The van der Waals surface area contributed by atoms with Crippen LogP contribution in [0.15, 0.2) is 30.3 Å². The summed E-state index contributed by atoms with van der Waals surface area (Å²) < 4.78 is 5.53. The molecule has 1 aliphatic rings. The Kier molecular flexibility index (Phi) is 3.57. The molecule has 1 amide bonds. The van der Waals surface area contributed by atoms with Crippen LogP contribution in [0.4, 0.5) is 4.79 Å². The van der Waals surface area contributed by atoms with E-state index in [0.29, 0.717) is 0 Å². The number of ether oxygens (including phenoxy) is 1. The molecule has 110 valence electrons. The van der Waals surface area contributed by atoms with Gasteiger partial charge in [-0.1, -0.05) is 51.1 Å². The maximum Gasteiger partial charge on any atom is 0.411 e. The lowest BCUT2D eigenvalue weighted by Gasteiger charge is -2.22. The van der Waals surface area contributed by atoms with E-state index >= 15 is 0 Å².